The Morgan fingerprint density at radius 1 is 1.00 bits per heavy atom. The van der Waals surface area contributed by atoms with Crippen LogP contribution in [0, 0.1) is 0 Å². The van der Waals surface area contributed by atoms with Gasteiger partial charge >= 0.3 is 0 Å². The van der Waals surface area contributed by atoms with Crippen molar-refractivity contribution in [3.63, 3.8) is 0 Å². The highest BCUT2D eigenvalue weighted by molar-refractivity contribution is 5.94. The molecule has 0 aliphatic heterocycles. The molecule has 160 valence electrons. The number of hydrogen-bond acceptors (Lipinski definition) is 6. The van der Waals surface area contributed by atoms with Gasteiger partial charge in [-0.2, -0.15) is 9.90 Å². The molecule has 32 heavy (non-hydrogen) atoms. The third kappa shape index (κ3) is 5.23. The number of hydrazone groups is 1. The number of nitrogens with zero attached hydrogens (tertiary/aromatic N) is 6. The van der Waals surface area contributed by atoms with Gasteiger partial charge < -0.3 is 4.90 Å². The molecule has 1 aromatic heterocycles. The number of nitrogens with one attached hydrogen (secondary N) is 1. The van der Waals surface area contributed by atoms with E-state index in [1.165, 1.54) is 4.80 Å². The van der Waals surface area contributed by atoms with Crippen LogP contribution in [0.5, 0.6) is 0 Å². The summed E-state index contributed by atoms with van der Waals surface area (Å²) in [6.07, 6.45) is 1.62. The molecule has 0 bridgehead atoms. The molecule has 0 aliphatic rings. The normalized spacial score (nSPS) is 10.9. The Labute approximate surface area is 186 Å². The molecule has 1 heterocycles. The molecule has 0 radical (unpaired) electrons. The number of carbonyl (C=O) groups excluding carboxylic acids is 1. The molecule has 0 saturated carbocycles. The van der Waals surface area contributed by atoms with E-state index in [0.29, 0.717) is 17.9 Å². The highest BCUT2D eigenvalue weighted by Gasteiger charge is 2.07. The Balaban J connectivity index is 1.33. The summed E-state index contributed by atoms with van der Waals surface area (Å²) >= 11 is 0. The average Bonchev–Trinajstić information content (AvgIpc) is 3.29. The largest absolute Gasteiger partial charge is 0.378 e. The van der Waals surface area contributed by atoms with Crippen LogP contribution in [0.25, 0.3) is 11.4 Å². The van der Waals surface area contributed by atoms with Gasteiger partial charge in [0.05, 0.1) is 12.8 Å². The lowest BCUT2D eigenvalue weighted by Crippen LogP contribution is -2.17. The lowest BCUT2D eigenvalue weighted by Gasteiger charge is -2.11. The van der Waals surface area contributed by atoms with Crippen molar-refractivity contribution in [3.8, 4) is 11.4 Å². The molecule has 0 spiro atoms. The smallest absolute Gasteiger partial charge is 0.271 e. The van der Waals surface area contributed by atoms with Crippen LogP contribution < -0.4 is 10.3 Å². The molecule has 0 unspecified atom stereocenters. The van der Waals surface area contributed by atoms with Crippen LogP contribution in [0.2, 0.25) is 0 Å². The van der Waals surface area contributed by atoms with Gasteiger partial charge in [0.25, 0.3) is 5.91 Å². The standard InChI is InChI=1S/C24H23N7O/c1-30(2)22-14-10-18(11-15-22)16-25-27-24(32)21-12-8-19(9-13-21)17-31-28-23(26-29-31)20-6-4-3-5-7-20/h3-16H,17H2,1-2H3,(H,27,32)/b25-16+. The van der Waals surface area contributed by atoms with Crippen molar-refractivity contribution in [2.45, 2.75) is 6.54 Å². The molecule has 0 atom stereocenters. The van der Waals surface area contributed by atoms with Gasteiger partial charge in [-0.25, -0.2) is 5.43 Å². The quantitative estimate of drug-likeness (QED) is 0.363. The first kappa shape index (κ1) is 20.9. The van der Waals surface area contributed by atoms with Crippen molar-refractivity contribution < 1.29 is 4.79 Å². The van der Waals surface area contributed by atoms with Gasteiger partial charge in [0.2, 0.25) is 5.82 Å². The minimum absolute atomic E-state index is 0.275. The molecule has 0 aliphatic carbocycles. The zero-order chi connectivity index (χ0) is 22.3. The van der Waals surface area contributed by atoms with E-state index in [-0.39, 0.29) is 5.91 Å². The number of benzene rings is 3. The van der Waals surface area contributed by atoms with Crippen LogP contribution in [0.1, 0.15) is 21.5 Å². The average molecular weight is 425 g/mol. The second-order valence-electron chi connectivity index (χ2n) is 7.39. The minimum Gasteiger partial charge on any atom is -0.378 e. The molecule has 8 heteroatoms. The number of aromatic nitrogens is 4. The molecule has 8 nitrogen and oxygen atoms in total. The number of hydrogen-bond donors (Lipinski definition) is 1. The Morgan fingerprint density at radius 3 is 2.41 bits per heavy atom. The van der Waals surface area contributed by atoms with Gasteiger partial charge in [0, 0.05) is 30.9 Å². The number of anilines is 1. The molecule has 0 fully saturated rings. The monoisotopic (exact) mass is 425 g/mol. The SMILES string of the molecule is CN(C)c1ccc(/C=N/NC(=O)c2ccc(Cn3nnc(-c4ccccc4)n3)cc2)cc1. The van der Waals surface area contributed by atoms with E-state index in [1.54, 1.807) is 18.3 Å². The first-order valence-corrected chi connectivity index (χ1v) is 10.1. The van der Waals surface area contributed by atoms with Crippen molar-refractivity contribution in [2.75, 3.05) is 19.0 Å². The van der Waals surface area contributed by atoms with E-state index < -0.39 is 0 Å². The summed E-state index contributed by atoms with van der Waals surface area (Å²) in [4.78, 5) is 15.9. The maximum Gasteiger partial charge on any atom is 0.271 e. The van der Waals surface area contributed by atoms with Gasteiger partial charge in [-0.05, 0) is 40.6 Å². The van der Waals surface area contributed by atoms with Crippen LogP contribution >= 0.6 is 0 Å². The fourth-order valence-electron chi connectivity index (χ4n) is 3.03. The Kier molecular flexibility index (Phi) is 6.31. The molecular formula is C24H23N7O. The third-order valence-electron chi connectivity index (χ3n) is 4.81. The molecule has 3 aromatic carbocycles. The Hall–Kier alpha value is -4.33. The van der Waals surface area contributed by atoms with Crippen molar-refractivity contribution in [1.82, 2.24) is 25.6 Å². The molecular weight excluding hydrogens is 402 g/mol. The highest BCUT2D eigenvalue weighted by atomic mass is 16.2. The van der Waals surface area contributed by atoms with Gasteiger partial charge in [0.15, 0.2) is 0 Å². The zero-order valence-electron chi connectivity index (χ0n) is 17.9. The van der Waals surface area contributed by atoms with Crippen LogP contribution in [-0.2, 0) is 6.54 Å². The predicted molar refractivity (Wildman–Crippen MR) is 125 cm³/mol. The first-order chi connectivity index (χ1) is 15.6. The first-order valence-electron chi connectivity index (χ1n) is 10.1. The van der Waals surface area contributed by atoms with Crippen molar-refractivity contribution in [1.29, 1.82) is 0 Å². The van der Waals surface area contributed by atoms with Crippen molar-refractivity contribution in [3.05, 3.63) is 95.6 Å². The van der Waals surface area contributed by atoms with E-state index >= 15 is 0 Å². The van der Waals surface area contributed by atoms with E-state index in [4.69, 9.17) is 0 Å². The lowest BCUT2D eigenvalue weighted by molar-refractivity contribution is 0.0955. The summed E-state index contributed by atoms with van der Waals surface area (Å²) in [7, 11) is 3.97. The summed E-state index contributed by atoms with van der Waals surface area (Å²) < 4.78 is 0. The topological polar surface area (TPSA) is 88.3 Å². The number of rotatable bonds is 7. The lowest BCUT2D eigenvalue weighted by atomic mass is 10.1. The second-order valence-corrected chi connectivity index (χ2v) is 7.39. The van der Waals surface area contributed by atoms with E-state index in [9.17, 15) is 4.79 Å². The van der Waals surface area contributed by atoms with Gasteiger partial charge in [-0.15, -0.1) is 10.2 Å². The van der Waals surface area contributed by atoms with E-state index in [2.05, 4.69) is 25.9 Å². The molecule has 4 rings (SSSR count). The maximum absolute atomic E-state index is 12.3. The van der Waals surface area contributed by atoms with Gasteiger partial charge in [-0.3, -0.25) is 4.79 Å². The Morgan fingerprint density at radius 2 is 1.72 bits per heavy atom. The maximum atomic E-state index is 12.3. The van der Waals surface area contributed by atoms with Crippen LogP contribution in [0.3, 0.4) is 0 Å². The molecule has 0 saturated heterocycles. The predicted octanol–water partition coefficient (Wildman–Crippen LogP) is 3.22. The molecule has 4 aromatic rings. The van der Waals surface area contributed by atoms with Crippen molar-refractivity contribution in [2.24, 2.45) is 5.10 Å². The zero-order valence-corrected chi connectivity index (χ0v) is 17.9. The van der Waals surface area contributed by atoms with Crippen molar-refractivity contribution >= 4 is 17.8 Å². The van der Waals surface area contributed by atoms with E-state index in [0.717, 1.165) is 22.4 Å². The van der Waals surface area contributed by atoms with Crippen LogP contribution in [0.4, 0.5) is 5.69 Å². The second kappa shape index (κ2) is 9.65. The minimum atomic E-state index is -0.275. The summed E-state index contributed by atoms with van der Waals surface area (Å²) in [6.45, 7) is 0.461. The fourth-order valence-corrected chi connectivity index (χ4v) is 3.03. The summed E-state index contributed by atoms with van der Waals surface area (Å²) in [5.41, 5.74) is 6.96. The summed E-state index contributed by atoms with van der Waals surface area (Å²) in [5.74, 6) is 0.304. The number of tetrazole rings is 1. The fraction of sp³-hybridized carbons (Fsp3) is 0.125. The summed E-state index contributed by atoms with van der Waals surface area (Å²) in [5, 5.41) is 16.7. The van der Waals surface area contributed by atoms with Gasteiger partial charge in [0.1, 0.15) is 0 Å². The van der Waals surface area contributed by atoms with Crippen LogP contribution in [-0.4, -0.2) is 46.4 Å². The summed E-state index contributed by atoms with van der Waals surface area (Å²) in [6, 6.07) is 24.8. The molecule has 1 N–H and O–H groups in total. The van der Waals surface area contributed by atoms with Crippen LogP contribution in [0.15, 0.2) is 84.0 Å². The van der Waals surface area contributed by atoms with E-state index in [1.807, 2.05) is 85.7 Å². The number of amides is 1. The third-order valence-corrected chi connectivity index (χ3v) is 4.81. The van der Waals surface area contributed by atoms with Gasteiger partial charge in [-0.1, -0.05) is 54.6 Å². The number of carbonyl (C=O) groups is 1. The molecule has 1 amide bonds. The highest BCUT2D eigenvalue weighted by Crippen LogP contribution is 2.13. The Bertz CT molecular complexity index is 1200.